The van der Waals surface area contributed by atoms with E-state index in [1.807, 2.05) is 61.5 Å². The van der Waals surface area contributed by atoms with Crippen LogP contribution < -0.4 is 19.1 Å². The topological polar surface area (TPSA) is 84.9 Å². The van der Waals surface area contributed by atoms with Crippen molar-refractivity contribution in [3.8, 4) is 11.5 Å². The maximum absolute atomic E-state index is 13.3. The summed E-state index contributed by atoms with van der Waals surface area (Å²) < 4.78 is 38.1. The lowest BCUT2D eigenvalue weighted by molar-refractivity contribution is 0.0943. The third-order valence-electron chi connectivity index (χ3n) is 6.41. The number of rotatable bonds is 9. The highest BCUT2D eigenvalue weighted by atomic mass is 32.2. The Labute approximate surface area is 223 Å². The largest absolute Gasteiger partial charge is 0.493 e. The van der Waals surface area contributed by atoms with E-state index in [9.17, 15) is 13.2 Å². The van der Waals surface area contributed by atoms with E-state index in [1.165, 1.54) is 33.4 Å². The minimum atomic E-state index is -3.88. The fourth-order valence-electron chi connectivity index (χ4n) is 4.21. The van der Waals surface area contributed by atoms with Gasteiger partial charge in [0.1, 0.15) is 0 Å². The molecule has 0 radical (unpaired) electrons. The number of sulfonamides is 1. The van der Waals surface area contributed by atoms with Crippen LogP contribution in [0.3, 0.4) is 0 Å². The van der Waals surface area contributed by atoms with Crippen molar-refractivity contribution in [1.29, 1.82) is 0 Å². The van der Waals surface area contributed by atoms with Gasteiger partial charge in [0.2, 0.25) is 0 Å². The number of aryl methyl sites for hydroxylation is 1. The van der Waals surface area contributed by atoms with Crippen LogP contribution in [0.2, 0.25) is 0 Å². The number of methoxy groups -OCH3 is 2. The van der Waals surface area contributed by atoms with E-state index in [1.54, 1.807) is 30.3 Å². The van der Waals surface area contributed by atoms with Crippen LogP contribution in [0, 0.1) is 6.92 Å². The van der Waals surface area contributed by atoms with Gasteiger partial charge in [-0.3, -0.25) is 9.10 Å². The second-order valence-electron chi connectivity index (χ2n) is 8.71. The molecule has 0 spiro atoms. The molecule has 1 N–H and O–H groups in total. The average Bonchev–Trinajstić information content (AvgIpc) is 2.96. The van der Waals surface area contributed by atoms with Crippen molar-refractivity contribution in [2.75, 3.05) is 25.6 Å². The molecule has 38 heavy (non-hydrogen) atoms. The second kappa shape index (κ2) is 11.4. The zero-order chi connectivity index (χ0) is 27.3. The van der Waals surface area contributed by atoms with Crippen LogP contribution in [-0.4, -0.2) is 35.6 Å². The Morgan fingerprint density at radius 1 is 0.816 bits per heavy atom. The fourth-order valence-corrected chi connectivity index (χ4v) is 5.42. The zero-order valence-electron chi connectivity index (χ0n) is 21.7. The summed E-state index contributed by atoms with van der Waals surface area (Å²) in [6.07, 6.45) is 0. The molecule has 0 saturated carbocycles. The van der Waals surface area contributed by atoms with Gasteiger partial charge in [-0.25, -0.2) is 8.42 Å². The standard InChI is InChI=1S/C30H30N2O5S/c1-21-10-8-9-13-26(21)29(22-11-6-5-7-12-22)31-30(33)23-14-16-24(17-15-23)32(2)38(34,35)25-18-19-27(36-3)28(20-25)37-4/h5-20,29H,1-4H3,(H,31,33)/t29-/m0/s1. The van der Waals surface area contributed by atoms with Crippen molar-refractivity contribution in [1.82, 2.24) is 5.32 Å². The van der Waals surface area contributed by atoms with Gasteiger partial charge in [0.05, 0.1) is 30.8 Å². The molecule has 0 bridgehead atoms. The summed E-state index contributed by atoms with van der Waals surface area (Å²) in [5.74, 6) is 0.485. The normalized spacial score (nSPS) is 11.9. The van der Waals surface area contributed by atoms with E-state index in [2.05, 4.69) is 5.32 Å². The maximum Gasteiger partial charge on any atom is 0.264 e. The Morgan fingerprint density at radius 2 is 1.45 bits per heavy atom. The molecule has 0 aromatic heterocycles. The molecule has 0 aliphatic rings. The molecule has 0 fully saturated rings. The van der Waals surface area contributed by atoms with Crippen molar-refractivity contribution in [2.45, 2.75) is 17.9 Å². The Hall–Kier alpha value is -4.30. The van der Waals surface area contributed by atoms with Gasteiger partial charge in [0, 0.05) is 18.7 Å². The van der Waals surface area contributed by atoms with Crippen LogP contribution in [0.1, 0.15) is 33.1 Å². The molecular formula is C30H30N2O5S. The van der Waals surface area contributed by atoms with E-state index in [0.717, 1.165) is 21.0 Å². The lowest BCUT2D eigenvalue weighted by Crippen LogP contribution is -2.30. The van der Waals surface area contributed by atoms with E-state index in [-0.39, 0.29) is 16.8 Å². The maximum atomic E-state index is 13.3. The first-order valence-electron chi connectivity index (χ1n) is 12.0. The number of hydrogen-bond donors (Lipinski definition) is 1. The molecule has 4 aromatic carbocycles. The summed E-state index contributed by atoms with van der Waals surface area (Å²) in [6.45, 7) is 2.01. The van der Waals surface area contributed by atoms with Gasteiger partial charge in [-0.15, -0.1) is 0 Å². The zero-order valence-corrected chi connectivity index (χ0v) is 22.5. The number of hydrogen-bond acceptors (Lipinski definition) is 5. The number of benzene rings is 4. The number of carbonyl (C=O) groups excluding carboxylic acids is 1. The molecule has 1 atom stereocenters. The number of nitrogens with one attached hydrogen (secondary N) is 1. The first kappa shape index (κ1) is 26.8. The Bertz CT molecular complexity index is 1520. The SMILES string of the molecule is COc1ccc(S(=O)(=O)N(C)c2ccc(C(=O)N[C@@H](c3ccccc3)c3ccccc3C)cc2)cc1OC. The molecule has 0 aliphatic heterocycles. The Balaban J connectivity index is 1.57. The first-order valence-corrected chi connectivity index (χ1v) is 13.4. The number of amides is 1. The van der Waals surface area contributed by atoms with Crippen molar-refractivity contribution in [3.05, 3.63) is 119 Å². The lowest BCUT2D eigenvalue weighted by Gasteiger charge is -2.22. The van der Waals surface area contributed by atoms with Crippen molar-refractivity contribution >= 4 is 21.6 Å². The molecule has 196 valence electrons. The molecule has 0 aliphatic carbocycles. The van der Waals surface area contributed by atoms with Gasteiger partial charge in [0.15, 0.2) is 11.5 Å². The smallest absolute Gasteiger partial charge is 0.264 e. The highest BCUT2D eigenvalue weighted by Gasteiger charge is 2.24. The van der Waals surface area contributed by atoms with E-state index in [4.69, 9.17) is 9.47 Å². The number of nitrogens with zero attached hydrogens (tertiary/aromatic N) is 1. The van der Waals surface area contributed by atoms with Crippen LogP contribution >= 0.6 is 0 Å². The van der Waals surface area contributed by atoms with E-state index >= 15 is 0 Å². The van der Waals surface area contributed by atoms with Crippen LogP contribution in [0.25, 0.3) is 0 Å². The van der Waals surface area contributed by atoms with Crippen molar-refractivity contribution < 1.29 is 22.7 Å². The van der Waals surface area contributed by atoms with Gasteiger partial charge >= 0.3 is 0 Å². The monoisotopic (exact) mass is 530 g/mol. The van der Waals surface area contributed by atoms with Crippen molar-refractivity contribution in [3.63, 3.8) is 0 Å². The van der Waals surface area contributed by atoms with Gasteiger partial charge in [-0.05, 0) is 60.0 Å². The third kappa shape index (κ3) is 5.50. The van der Waals surface area contributed by atoms with Crippen LogP contribution in [0.4, 0.5) is 5.69 Å². The number of anilines is 1. The van der Waals surface area contributed by atoms with Crippen molar-refractivity contribution in [2.24, 2.45) is 0 Å². The van der Waals surface area contributed by atoms with Gasteiger partial charge in [-0.1, -0.05) is 54.6 Å². The molecule has 0 heterocycles. The van der Waals surface area contributed by atoms with Crippen LogP contribution in [-0.2, 0) is 10.0 Å². The van der Waals surface area contributed by atoms with Gasteiger partial charge in [-0.2, -0.15) is 0 Å². The number of carbonyl (C=O) groups is 1. The molecule has 1 amide bonds. The summed E-state index contributed by atoms with van der Waals surface area (Å²) in [5.41, 5.74) is 3.87. The number of ether oxygens (including phenoxy) is 2. The predicted octanol–water partition coefficient (Wildman–Crippen LogP) is 5.36. The fraction of sp³-hybridized carbons (Fsp3) is 0.167. The highest BCUT2D eigenvalue weighted by molar-refractivity contribution is 7.92. The molecule has 0 unspecified atom stereocenters. The summed E-state index contributed by atoms with van der Waals surface area (Å²) in [5, 5.41) is 3.14. The second-order valence-corrected chi connectivity index (χ2v) is 10.7. The minimum absolute atomic E-state index is 0.0587. The lowest BCUT2D eigenvalue weighted by atomic mass is 9.94. The van der Waals surface area contributed by atoms with E-state index < -0.39 is 10.0 Å². The Morgan fingerprint density at radius 3 is 2.08 bits per heavy atom. The Kier molecular flexibility index (Phi) is 8.02. The molecule has 4 aromatic rings. The minimum Gasteiger partial charge on any atom is -0.493 e. The summed E-state index contributed by atoms with van der Waals surface area (Å²) >= 11 is 0. The molecule has 4 rings (SSSR count). The highest BCUT2D eigenvalue weighted by Crippen LogP contribution is 2.32. The van der Waals surface area contributed by atoms with Crippen LogP contribution in [0.15, 0.2) is 102 Å². The molecule has 0 saturated heterocycles. The van der Waals surface area contributed by atoms with Gasteiger partial charge in [0.25, 0.3) is 15.9 Å². The summed E-state index contributed by atoms with van der Waals surface area (Å²) in [6, 6.07) is 28.3. The quantitative estimate of drug-likeness (QED) is 0.315. The average molecular weight is 531 g/mol. The van der Waals surface area contributed by atoms with Gasteiger partial charge < -0.3 is 14.8 Å². The molecule has 8 heteroatoms. The summed E-state index contributed by atoms with van der Waals surface area (Å²) in [4.78, 5) is 13.3. The first-order chi connectivity index (χ1) is 18.3. The predicted molar refractivity (Wildman–Crippen MR) is 149 cm³/mol. The summed E-state index contributed by atoms with van der Waals surface area (Å²) in [7, 11) is 0.514. The van der Waals surface area contributed by atoms with E-state index in [0.29, 0.717) is 22.7 Å². The molecular weight excluding hydrogens is 500 g/mol. The third-order valence-corrected chi connectivity index (χ3v) is 8.20. The molecule has 7 nitrogen and oxygen atoms in total. The van der Waals surface area contributed by atoms with Crippen LogP contribution in [0.5, 0.6) is 11.5 Å².